The minimum Gasteiger partial charge on any atom is -0.381 e. The number of carbonyl (C=O) groups excluding carboxylic acids is 1. The van der Waals surface area contributed by atoms with Crippen LogP contribution in [0.3, 0.4) is 0 Å². The molecule has 1 aromatic carbocycles. The zero-order chi connectivity index (χ0) is 14.7. The summed E-state index contributed by atoms with van der Waals surface area (Å²) in [4.78, 5) is 12.3. The Kier molecular flexibility index (Phi) is 5.05. The van der Waals surface area contributed by atoms with Crippen LogP contribution < -0.4 is 16.0 Å². The molecule has 1 saturated heterocycles. The van der Waals surface area contributed by atoms with Gasteiger partial charge >= 0.3 is 0 Å². The second kappa shape index (κ2) is 6.59. The molecule has 1 heterocycles. The van der Waals surface area contributed by atoms with Crippen LogP contribution in [0.15, 0.2) is 22.7 Å². The van der Waals surface area contributed by atoms with Crippen LogP contribution in [0.2, 0.25) is 0 Å². The highest BCUT2D eigenvalue weighted by Gasteiger charge is 2.29. The van der Waals surface area contributed by atoms with Gasteiger partial charge in [-0.2, -0.15) is 0 Å². The van der Waals surface area contributed by atoms with Crippen LogP contribution in [0.1, 0.15) is 20.8 Å². The van der Waals surface area contributed by atoms with Crippen LogP contribution in [-0.4, -0.2) is 25.0 Å². The van der Waals surface area contributed by atoms with E-state index in [9.17, 15) is 4.79 Å². The number of hydrogen-bond donors (Lipinski definition) is 3. The molecule has 0 aliphatic carbocycles. The van der Waals surface area contributed by atoms with Crippen molar-refractivity contribution in [2.24, 2.45) is 11.8 Å². The van der Waals surface area contributed by atoms with Gasteiger partial charge in [0, 0.05) is 16.4 Å². The lowest BCUT2D eigenvalue weighted by Gasteiger charge is -2.32. The number of halogens is 1. The van der Waals surface area contributed by atoms with Crippen molar-refractivity contribution in [1.29, 1.82) is 0 Å². The SMILES string of the molecule is CC(C)Nc1ccc(Br)cc1NC(=O)C(C)C1CNC1. The number of carbonyl (C=O) groups is 1. The predicted octanol–water partition coefficient (Wildman–Crippen LogP) is 3.06. The van der Waals surface area contributed by atoms with Crippen LogP contribution in [0.25, 0.3) is 0 Å². The molecule has 1 unspecified atom stereocenters. The van der Waals surface area contributed by atoms with Gasteiger partial charge in [0.05, 0.1) is 11.4 Å². The largest absolute Gasteiger partial charge is 0.381 e. The fourth-order valence-electron chi connectivity index (χ4n) is 2.18. The second-order valence-corrected chi connectivity index (χ2v) is 6.60. The van der Waals surface area contributed by atoms with Crippen LogP contribution in [-0.2, 0) is 4.79 Å². The fourth-order valence-corrected chi connectivity index (χ4v) is 2.54. The van der Waals surface area contributed by atoms with E-state index >= 15 is 0 Å². The van der Waals surface area contributed by atoms with Gasteiger partial charge in [0.2, 0.25) is 5.91 Å². The van der Waals surface area contributed by atoms with Crippen LogP contribution in [0.5, 0.6) is 0 Å². The van der Waals surface area contributed by atoms with E-state index in [1.165, 1.54) is 0 Å². The summed E-state index contributed by atoms with van der Waals surface area (Å²) < 4.78 is 0.958. The molecular formula is C15H22BrN3O. The maximum Gasteiger partial charge on any atom is 0.227 e. The normalized spacial score (nSPS) is 16.6. The molecule has 4 nitrogen and oxygen atoms in total. The summed E-state index contributed by atoms with van der Waals surface area (Å²) >= 11 is 3.45. The van der Waals surface area contributed by atoms with Crippen molar-refractivity contribution >= 4 is 33.2 Å². The van der Waals surface area contributed by atoms with Crippen molar-refractivity contribution in [1.82, 2.24) is 5.32 Å². The summed E-state index contributed by atoms with van der Waals surface area (Å²) in [6.07, 6.45) is 0. The molecule has 5 heteroatoms. The van der Waals surface area contributed by atoms with Gasteiger partial charge in [-0.1, -0.05) is 22.9 Å². The van der Waals surface area contributed by atoms with E-state index in [0.717, 1.165) is 28.9 Å². The van der Waals surface area contributed by atoms with Crippen LogP contribution in [0.4, 0.5) is 11.4 Å². The van der Waals surface area contributed by atoms with Gasteiger partial charge in [0.25, 0.3) is 0 Å². The molecule has 1 fully saturated rings. The number of amides is 1. The van der Waals surface area contributed by atoms with Gasteiger partial charge in [0.1, 0.15) is 0 Å². The van der Waals surface area contributed by atoms with E-state index in [1.54, 1.807) is 0 Å². The first kappa shape index (κ1) is 15.3. The summed E-state index contributed by atoms with van der Waals surface area (Å²) in [6, 6.07) is 6.21. The van der Waals surface area contributed by atoms with E-state index in [4.69, 9.17) is 0 Å². The molecule has 0 spiro atoms. The first-order valence-electron chi connectivity index (χ1n) is 7.05. The van der Waals surface area contributed by atoms with E-state index in [2.05, 4.69) is 45.7 Å². The average molecular weight is 340 g/mol. The van der Waals surface area contributed by atoms with Gasteiger partial charge in [-0.3, -0.25) is 4.79 Å². The van der Waals surface area contributed by atoms with E-state index in [1.807, 2.05) is 25.1 Å². The van der Waals surface area contributed by atoms with Gasteiger partial charge in [-0.15, -0.1) is 0 Å². The Morgan fingerprint density at radius 3 is 2.55 bits per heavy atom. The summed E-state index contributed by atoms with van der Waals surface area (Å²) in [7, 11) is 0. The molecule has 0 bridgehead atoms. The van der Waals surface area contributed by atoms with E-state index < -0.39 is 0 Å². The molecular weight excluding hydrogens is 318 g/mol. The molecule has 1 atom stereocenters. The van der Waals surface area contributed by atoms with Crippen molar-refractivity contribution in [3.05, 3.63) is 22.7 Å². The molecule has 1 aliphatic rings. The Morgan fingerprint density at radius 2 is 2.00 bits per heavy atom. The Balaban J connectivity index is 2.10. The zero-order valence-electron chi connectivity index (χ0n) is 12.2. The first-order chi connectivity index (χ1) is 9.47. The van der Waals surface area contributed by atoms with Gasteiger partial charge in [-0.25, -0.2) is 0 Å². The third kappa shape index (κ3) is 3.73. The molecule has 110 valence electrons. The van der Waals surface area contributed by atoms with Crippen molar-refractivity contribution in [2.75, 3.05) is 23.7 Å². The van der Waals surface area contributed by atoms with E-state index in [0.29, 0.717) is 12.0 Å². The zero-order valence-corrected chi connectivity index (χ0v) is 13.8. The third-order valence-electron chi connectivity index (χ3n) is 3.62. The fraction of sp³-hybridized carbons (Fsp3) is 0.533. The van der Waals surface area contributed by atoms with E-state index in [-0.39, 0.29) is 11.8 Å². The monoisotopic (exact) mass is 339 g/mol. The molecule has 0 saturated carbocycles. The summed E-state index contributed by atoms with van der Waals surface area (Å²) in [5, 5.41) is 9.61. The summed E-state index contributed by atoms with van der Waals surface area (Å²) in [5.74, 6) is 0.562. The smallest absolute Gasteiger partial charge is 0.227 e. The number of benzene rings is 1. The Bertz CT molecular complexity index is 486. The molecule has 1 amide bonds. The van der Waals surface area contributed by atoms with Crippen LogP contribution >= 0.6 is 15.9 Å². The minimum absolute atomic E-state index is 0.0298. The maximum absolute atomic E-state index is 12.3. The quantitative estimate of drug-likeness (QED) is 0.772. The number of nitrogens with one attached hydrogen (secondary N) is 3. The molecule has 2 rings (SSSR count). The lowest BCUT2D eigenvalue weighted by atomic mass is 9.88. The van der Waals surface area contributed by atoms with Gasteiger partial charge < -0.3 is 16.0 Å². The van der Waals surface area contributed by atoms with Gasteiger partial charge in [-0.05, 0) is 51.1 Å². The highest BCUT2D eigenvalue weighted by molar-refractivity contribution is 9.10. The Hall–Kier alpha value is -1.07. The van der Waals surface area contributed by atoms with Crippen molar-refractivity contribution < 1.29 is 4.79 Å². The molecule has 0 aromatic heterocycles. The number of rotatable bonds is 5. The minimum atomic E-state index is 0.0298. The van der Waals surface area contributed by atoms with Gasteiger partial charge in [0.15, 0.2) is 0 Å². The lowest BCUT2D eigenvalue weighted by molar-refractivity contribution is -0.121. The molecule has 3 N–H and O–H groups in total. The van der Waals surface area contributed by atoms with Crippen molar-refractivity contribution in [3.8, 4) is 0 Å². The lowest BCUT2D eigenvalue weighted by Crippen LogP contribution is -2.48. The topological polar surface area (TPSA) is 53.2 Å². The molecule has 1 aliphatic heterocycles. The van der Waals surface area contributed by atoms with Crippen LogP contribution in [0, 0.1) is 11.8 Å². The number of anilines is 2. The summed E-state index contributed by atoms with van der Waals surface area (Å²) in [6.45, 7) is 8.02. The van der Waals surface area contributed by atoms with Crippen molar-refractivity contribution in [2.45, 2.75) is 26.8 Å². The predicted molar refractivity (Wildman–Crippen MR) is 87.1 cm³/mol. The Morgan fingerprint density at radius 1 is 1.30 bits per heavy atom. The summed E-state index contributed by atoms with van der Waals surface area (Å²) in [5.41, 5.74) is 1.78. The second-order valence-electron chi connectivity index (χ2n) is 5.69. The highest BCUT2D eigenvalue weighted by Crippen LogP contribution is 2.28. The average Bonchev–Trinajstić information content (AvgIpc) is 2.29. The highest BCUT2D eigenvalue weighted by atomic mass is 79.9. The molecule has 20 heavy (non-hydrogen) atoms. The third-order valence-corrected chi connectivity index (χ3v) is 4.11. The first-order valence-corrected chi connectivity index (χ1v) is 7.84. The molecule has 1 aromatic rings. The standard InChI is InChI=1S/C15H22BrN3O/c1-9(2)18-13-5-4-12(16)6-14(13)19-15(20)10(3)11-7-17-8-11/h4-6,9-11,17-18H,7-8H2,1-3H3,(H,19,20). The van der Waals surface area contributed by atoms with Crippen molar-refractivity contribution in [3.63, 3.8) is 0 Å². The Labute approximate surface area is 128 Å². The maximum atomic E-state index is 12.3. The number of hydrogen-bond acceptors (Lipinski definition) is 3. The molecule has 0 radical (unpaired) electrons.